The van der Waals surface area contributed by atoms with E-state index < -0.39 is 0 Å². The molecule has 0 aliphatic rings. The lowest BCUT2D eigenvalue weighted by Crippen LogP contribution is -2.22. The van der Waals surface area contributed by atoms with Gasteiger partial charge in [0.2, 0.25) is 0 Å². The zero-order chi connectivity index (χ0) is 15.6. The molecule has 0 bridgehead atoms. The third kappa shape index (κ3) is 2.39. The molecule has 5 nitrogen and oxygen atoms in total. The molecule has 0 atom stereocenters. The van der Waals surface area contributed by atoms with Gasteiger partial charge in [-0.15, -0.1) is 16.4 Å². The lowest BCUT2D eigenvalue weighted by molar-refractivity contribution is -0.362. The van der Waals surface area contributed by atoms with Gasteiger partial charge in [-0.1, -0.05) is 41.1 Å². The van der Waals surface area contributed by atoms with Gasteiger partial charge in [0, 0.05) is 5.21 Å². The molecule has 4 aromatic rings. The van der Waals surface area contributed by atoms with E-state index in [1.54, 1.807) is 16.8 Å². The molecule has 2 heterocycles. The molecular weight excluding hydrogens is 308 g/mol. The van der Waals surface area contributed by atoms with E-state index >= 15 is 0 Å². The quantitative estimate of drug-likeness (QED) is 0.186. The van der Waals surface area contributed by atoms with Crippen LogP contribution in [0.5, 0.6) is 0 Å². The van der Waals surface area contributed by atoms with Gasteiger partial charge in [-0.3, -0.25) is 0 Å². The van der Waals surface area contributed by atoms with E-state index in [9.17, 15) is 5.21 Å². The van der Waals surface area contributed by atoms with Gasteiger partial charge in [0.15, 0.2) is 5.52 Å². The van der Waals surface area contributed by atoms with E-state index in [1.165, 1.54) is 11.3 Å². The number of fused-ring (bicyclic) bond motifs is 1. The van der Waals surface area contributed by atoms with Gasteiger partial charge >= 0.3 is 5.84 Å². The summed E-state index contributed by atoms with van der Waals surface area (Å²) in [6.45, 7) is 0. The Morgan fingerprint density at radius 1 is 0.957 bits per heavy atom. The summed E-state index contributed by atoms with van der Waals surface area (Å²) in [4.78, 5) is 0.833. The van der Waals surface area contributed by atoms with Crippen molar-refractivity contribution in [3.63, 3.8) is 0 Å². The van der Waals surface area contributed by atoms with Crippen LogP contribution in [0.1, 0.15) is 4.88 Å². The summed E-state index contributed by atoms with van der Waals surface area (Å²) < 4.78 is 2.49. The SMILES string of the molecule is [O-]/[N+](=C(/c1cccs1)n1nnc2ccccc21)c1ccccc1. The Morgan fingerprint density at radius 3 is 2.52 bits per heavy atom. The minimum absolute atomic E-state index is 0.444. The Labute approximate surface area is 136 Å². The molecule has 0 aliphatic carbocycles. The van der Waals surface area contributed by atoms with Crippen LogP contribution in [-0.4, -0.2) is 25.6 Å². The first kappa shape index (κ1) is 13.7. The van der Waals surface area contributed by atoms with Crippen LogP contribution in [0.2, 0.25) is 0 Å². The first-order valence-corrected chi connectivity index (χ1v) is 7.96. The van der Waals surface area contributed by atoms with Crippen molar-refractivity contribution in [3.05, 3.63) is 82.2 Å². The van der Waals surface area contributed by atoms with Crippen molar-refractivity contribution in [1.29, 1.82) is 0 Å². The third-order valence-electron chi connectivity index (χ3n) is 3.48. The second-order valence-corrected chi connectivity index (χ2v) is 5.87. The molecule has 0 N–H and O–H groups in total. The first-order valence-electron chi connectivity index (χ1n) is 7.08. The number of para-hydroxylation sites is 2. The average molecular weight is 320 g/mol. The minimum Gasteiger partial charge on any atom is -0.710 e. The molecule has 6 heteroatoms. The summed E-state index contributed by atoms with van der Waals surface area (Å²) in [6, 6.07) is 20.5. The normalized spacial score (nSPS) is 12.3. The van der Waals surface area contributed by atoms with Crippen molar-refractivity contribution in [1.82, 2.24) is 15.0 Å². The second kappa shape index (κ2) is 5.66. The molecular formula is C17H12N4OS. The highest BCUT2D eigenvalue weighted by Crippen LogP contribution is 2.19. The maximum atomic E-state index is 13.0. The molecule has 0 fully saturated rings. The molecule has 0 amide bonds. The second-order valence-electron chi connectivity index (χ2n) is 4.92. The molecule has 112 valence electrons. The Morgan fingerprint density at radius 2 is 1.74 bits per heavy atom. The molecule has 4 rings (SSSR count). The molecule has 0 radical (unpaired) electrons. The van der Waals surface area contributed by atoms with E-state index in [0.717, 1.165) is 20.6 Å². The predicted molar refractivity (Wildman–Crippen MR) is 91.1 cm³/mol. The maximum absolute atomic E-state index is 13.0. The highest BCUT2D eigenvalue weighted by Gasteiger charge is 2.23. The summed E-state index contributed by atoms with van der Waals surface area (Å²) in [6.07, 6.45) is 0. The summed E-state index contributed by atoms with van der Waals surface area (Å²) >= 11 is 1.49. The molecule has 2 aromatic heterocycles. The van der Waals surface area contributed by atoms with Gasteiger partial charge in [0.05, 0.1) is 0 Å². The van der Waals surface area contributed by atoms with Crippen LogP contribution in [0.4, 0.5) is 5.69 Å². The lowest BCUT2D eigenvalue weighted by atomic mass is 10.3. The van der Waals surface area contributed by atoms with Crippen LogP contribution in [0.25, 0.3) is 11.0 Å². The average Bonchev–Trinajstić information content (AvgIpc) is 3.27. The van der Waals surface area contributed by atoms with Gasteiger partial charge in [0.1, 0.15) is 16.1 Å². The third-order valence-corrected chi connectivity index (χ3v) is 4.34. The van der Waals surface area contributed by atoms with Crippen LogP contribution in [-0.2, 0) is 0 Å². The molecule has 0 aliphatic heterocycles. The number of rotatable bonds is 2. The van der Waals surface area contributed by atoms with Crippen molar-refractivity contribution >= 4 is 33.9 Å². The van der Waals surface area contributed by atoms with Crippen molar-refractivity contribution in [2.24, 2.45) is 0 Å². The Bertz CT molecular complexity index is 974. The van der Waals surface area contributed by atoms with Crippen molar-refractivity contribution in [2.75, 3.05) is 0 Å². The number of hydrogen-bond acceptors (Lipinski definition) is 4. The van der Waals surface area contributed by atoms with Crippen LogP contribution >= 0.6 is 11.3 Å². The topological polar surface area (TPSA) is 56.8 Å². The van der Waals surface area contributed by atoms with Crippen LogP contribution in [0.15, 0.2) is 72.1 Å². The zero-order valence-corrected chi connectivity index (χ0v) is 12.9. The monoisotopic (exact) mass is 320 g/mol. The zero-order valence-electron chi connectivity index (χ0n) is 12.0. The van der Waals surface area contributed by atoms with Gasteiger partial charge in [-0.2, -0.15) is 0 Å². The number of nitrogens with zero attached hydrogens (tertiary/aromatic N) is 4. The maximum Gasteiger partial charge on any atom is 0.330 e. The van der Waals surface area contributed by atoms with Gasteiger partial charge in [-0.25, -0.2) is 4.74 Å². The van der Waals surface area contributed by atoms with E-state index in [2.05, 4.69) is 10.3 Å². The minimum atomic E-state index is 0.444. The number of hydrogen-bond donors (Lipinski definition) is 0. The van der Waals surface area contributed by atoms with Crippen molar-refractivity contribution in [3.8, 4) is 0 Å². The van der Waals surface area contributed by atoms with E-state index in [4.69, 9.17) is 0 Å². The van der Waals surface area contributed by atoms with E-state index in [1.807, 2.05) is 60.0 Å². The molecule has 23 heavy (non-hydrogen) atoms. The summed E-state index contributed by atoms with van der Waals surface area (Å²) in [5.74, 6) is 0.444. The Balaban J connectivity index is 2.01. The van der Waals surface area contributed by atoms with Crippen molar-refractivity contribution in [2.45, 2.75) is 0 Å². The van der Waals surface area contributed by atoms with E-state index in [0.29, 0.717) is 11.5 Å². The molecule has 0 saturated heterocycles. The molecule has 0 saturated carbocycles. The van der Waals surface area contributed by atoms with Gasteiger partial charge in [0.25, 0.3) is 0 Å². The van der Waals surface area contributed by atoms with Gasteiger partial charge in [-0.05, 0) is 35.7 Å². The number of aromatic nitrogens is 3. The highest BCUT2D eigenvalue weighted by molar-refractivity contribution is 7.12. The molecule has 2 aromatic carbocycles. The van der Waals surface area contributed by atoms with Gasteiger partial charge < -0.3 is 5.21 Å². The summed E-state index contributed by atoms with van der Waals surface area (Å²) in [5, 5.41) is 23.3. The molecule has 0 spiro atoms. The lowest BCUT2D eigenvalue weighted by Gasteiger charge is -2.12. The first-order chi connectivity index (χ1) is 11.3. The van der Waals surface area contributed by atoms with E-state index in [-0.39, 0.29) is 0 Å². The number of thiophene rings is 1. The smallest absolute Gasteiger partial charge is 0.330 e. The largest absolute Gasteiger partial charge is 0.710 e. The van der Waals surface area contributed by atoms with Crippen LogP contribution in [0.3, 0.4) is 0 Å². The summed E-state index contributed by atoms with van der Waals surface area (Å²) in [5.41, 5.74) is 2.10. The number of benzene rings is 2. The Hall–Kier alpha value is -2.99. The summed E-state index contributed by atoms with van der Waals surface area (Å²) in [7, 11) is 0. The predicted octanol–water partition coefficient (Wildman–Crippen LogP) is 3.63. The standard InChI is InChI=1S/C17H12N4OS/c22-21(13-7-2-1-3-8-13)17(16-11-6-12-23-16)20-15-10-5-4-9-14(15)18-19-20/h1-12H/b21-17-. The van der Waals surface area contributed by atoms with Crippen LogP contribution < -0.4 is 0 Å². The highest BCUT2D eigenvalue weighted by atomic mass is 32.1. The van der Waals surface area contributed by atoms with Crippen molar-refractivity contribution < 1.29 is 4.74 Å². The molecule has 0 unspecified atom stereocenters. The fourth-order valence-electron chi connectivity index (χ4n) is 2.41. The fraction of sp³-hybridized carbons (Fsp3) is 0. The fourth-order valence-corrected chi connectivity index (χ4v) is 3.14. The van der Waals surface area contributed by atoms with Crippen LogP contribution in [0, 0.1) is 5.21 Å². The Kier molecular flexibility index (Phi) is 3.36.